The van der Waals surface area contributed by atoms with E-state index < -0.39 is 21.1 Å². The van der Waals surface area contributed by atoms with Gasteiger partial charge in [-0.25, -0.2) is 37.9 Å². The number of carbonyl (C=O) groups excluding carboxylic acids is 4. The van der Waals surface area contributed by atoms with Crippen molar-refractivity contribution < 1.29 is 32.0 Å². The Bertz CT molecular complexity index is 2550. The van der Waals surface area contributed by atoms with Crippen LogP contribution in [-0.2, 0) is 29.2 Å². The van der Waals surface area contributed by atoms with Gasteiger partial charge in [-0.15, -0.1) is 11.3 Å². The molecule has 0 radical (unpaired) electrons. The summed E-state index contributed by atoms with van der Waals surface area (Å²) in [6, 6.07) is 10.6. The smallest absolute Gasteiger partial charge is 0.234 e. The number of pyridine rings is 1. The molecule has 7 heterocycles. The zero-order valence-electron chi connectivity index (χ0n) is 36.5. The predicted octanol–water partition coefficient (Wildman–Crippen LogP) is 5.50. The predicted molar refractivity (Wildman–Crippen MR) is 243 cm³/mol. The largest absolute Gasteiger partial charge is 0.357 e. The van der Waals surface area contributed by atoms with Crippen molar-refractivity contribution in [1.82, 2.24) is 35.1 Å². The van der Waals surface area contributed by atoms with E-state index in [2.05, 4.69) is 25.5 Å². The van der Waals surface area contributed by atoms with Gasteiger partial charge in [0.25, 0.3) is 0 Å². The van der Waals surface area contributed by atoms with Gasteiger partial charge in [-0.3, -0.25) is 24.5 Å². The second kappa shape index (κ2) is 18.8. The van der Waals surface area contributed by atoms with Gasteiger partial charge in [0.15, 0.2) is 0 Å². The number of halogens is 1. The molecule has 4 N–H and O–H groups in total. The van der Waals surface area contributed by atoms with E-state index in [1.807, 2.05) is 21.9 Å². The SMILES string of the molecule is CCC(c1cccc(-c2nc(C3CCN(C(=O)C4CCN(C(=O)C5CCN(c6ccc(C7CCC(=O)NC7=O)cn6)CC5)CC4)CC3)sc2-c2ccnc(NC3CC3)n2)c1F)S(N)(=O)=O. The third kappa shape index (κ3) is 9.77. The van der Waals surface area contributed by atoms with E-state index in [1.165, 1.54) is 17.4 Å². The standard InChI is InChI=1S/C46H55FN10O6S2/c1-2-36(65(48,62)63)33-4-3-5-34(39(33)47)40-41(35-12-19-49-46(52-35)51-31-7-8-31)64-43(54-40)27-13-22-56(23-14-27)45(61)29-17-24-57(25-18-29)44(60)28-15-20-55(21-16-28)37-10-6-30(26-50-37)32-9-11-38(58)53-42(32)59/h3-6,10,12,19,26-29,31-32,36H,2,7-9,11,13-18,20-25H2,1H3,(H2,48,62,63)(H,49,51,52)(H,53,58,59). The van der Waals surface area contributed by atoms with E-state index in [-0.39, 0.29) is 64.8 Å². The van der Waals surface area contributed by atoms with Crippen molar-refractivity contribution in [3.8, 4) is 21.8 Å². The van der Waals surface area contributed by atoms with Crippen LogP contribution in [0, 0.1) is 17.7 Å². The average molecular weight is 927 g/mol. The van der Waals surface area contributed by atoms with E-state index in [0.717, 1.165) is 29.2 Å². The normalized spacial score (nSPS) is 21.0. The van der Waals surface area contributed by atoms with Crippen LogP contribution in [0.3, 0.4) is 0 Å². The van der Waals surface area contributed by atoms with Gasteiger partial charge in [-0.1, -0.05) is 25.1 Å². The van der Waals surface area contributed by atoms with Crippen LogP contribution in [0.5, 0.6) is 0 Å². The first kappa shape index (κ1) is 44.8. The number of thiazole rings is 1. The number of hydrogen-bond donors (Lipinski definition) is 3. The van der Waals surface area contributed by atoms with Crippen LogP contribution in [0.25, 0.3) is 21.8 Å². The van der Waals surface area contributed by atoms with Crippen LogP contribution in [0.15, 0.2) is 48.8 Å². The number of primary sulfonamides is 1. The molecule has 4 aromatic rings. The minimum atomic E-state index is -4.08. The molecule has 19 heteroatoms. The number of aromatic nitrogens is 4. The number of benzene rings is 1. The molecular weight excluding hydrogens is 872 g/mol. The second-order valence-electron chi connectivity index (χ2n) is 18.0. The molecule has 0 spiro atoms. The van der Waals surface area contributed by atoms with Gasteiger partial charge in [-0.2, -0.15) is 0 Å². The van der Waals surface area contributed by atoms with Crippen molar-refractivity contribution in [2.45, 2.75) is 101 Å². The van der Waals surface area contributed by atoms with E-state index in [4.69, 9.17) is 15.1 Å². The van der Waals surface area contributed by atoms with Crippen LogP contribution >= 0.6 is 11.3 Å². The number of nitrogens with two attached hydrogens (primary N) is 1. The summed E-state index contributed by atoms with van der Waals surface area (Å²) in [6.45, 7) is 5.26. The van der Waals surface area contributed by atoms with Crippen LogP contribution in [0.1, 0.15) is 111 Å². The van der Waals surface area contributed by atoms with Crippen LogP contribution in [0.4, 0.5) is 16.2 Å². The minimum absolute atomic E-state index is 0.00135. The van der Waals surface area contributed by atoms with E-state index in [1.54, 1.807) is 37.5 Å². The van der Waals surface area contributed by atoms with Crippen molar-refractivity contribution in [3.05, 3.63) is 70.7 Å². The number of imide groups is 1. The van der Waals surface area contributed by atoms with Gasteiger partial charge in [0.05, 0.1) is 27.2 Å². The molecular formula is C46H55FN10O6S2. The first-order valence-corrected chi connectivity index (χ1v) is 25.3. The molecule has 3 aromatic heterocycles. The van der Waals surface area contributed by atoms with Crippen molar-refractivity contribution in [3.63, 3.8) is 0 Å². The molecule has 4 amide bonds. The van der Waals surface area contributed by atoms with Crippen molar-refractivity contribution >= 4 is 56.8 Å². The molecule has 4 aliphatic heterocycles. The Morgan fingerprint density at radius 3 is 2.17 bits per heavy atom. The number of sulfonamides is 1. The van der Waals surface area contributed by atoms with Crippen molar-refractivity contribution in [2.75, 3.05) is 49.5 Å². The molecule has 1 aliphatic carbocycles. The van der Waals surface area contributed by atoms with Crippen LogP contribution in [0.2, 0.25) is 0 Å². The lowest BCUT2D eigenvalue weighted by molar-refractivity contribution is -0.143. The summed E-state index contributed by atoms with van der Waals surface area (Å²) in [6.07, 6.45) is 10.4. The Kier molecular flexibility index (Phi) is 13.0. The maximum atomic E-state index is 16.5. The first-order valence-electron chi connectivity index (χ1n) is 22.9. The Morgan fingerprint density at radius 2 is 1.55 bits per heavy atom. The molecule has 0 bridgehead atoms. The summed E-state index contributed by atoms with van der Waals surface area (Å²) in [5, 5.41) is 10.9. The second-order valence-corrected chi connectivity index (χ2v) is 20.8. The molecule has 5 fully saturated rings. The minimum Gasteiger partial charge on any atom is -0.357 e. The Hall–Kier alpha value is -5.40. The topological polar surface area (TPSA) is 214 Å². The number of amides is 4. The highest BCUT2D eigenvalue weighted by Gasteiger charge is 2.37. The molecule has 2 unspecified atom stereocenters. The summed E-state index contributed by atoms with van der Waals surface area (Å²) in [5.41, 5.74) is 1.93. The third-order valence-corrected chi connectivity index (χ3v) is 16.4. The summed E-state index contributed by atoms with van der Waals surface area (Å²) in [5.74, 6) is -0.247. The van der Waals surface area contributed by atoms with E-state index in [9.17, 15) is 27.6 Å². The van der Waals surface area contributed by atoms with E-state index >= 15 is 4.39 Å². The molecule has 4 saturated heterocycles. The summed E-state index contributed by atoms with van der Waals surface area (Å²) >= 11 is 1.44. The lowest BCUT2D eigenvalue weighted by Gasteiger charge is -2.39. The molecule has 16 nitrogen and oxygen atoms in total. The zero-order valence-corrected chi connectivity index (χ0v) is 38.1. The number of rotatable bonds is 12. The molecule has 1 saturated carbocycles. The third-order valence-electron chi connectivity index (χ3n) is 13.7. The average Bonchev–Trinajstić information content (AvgIpc) is 4.02. The number of nitrogens with zero attached hydrogens (tertiary/aromatic N) is 7. The van der Waals surface area contributed by atoms with Gasteiger partial charge < -0.3 is 20.0 Å². The summed E-state index contributed by atoms with van der Waals surface area (Å²) < 4.78 is 41.4. The summed E-state index contributed by atoms with van der Waals surface area (Å²) in [4.78, 5) is 77.0. The molecule has 1 aromatic carbocycles. The number of likely N-dealkylation sites (tertiary alicyclic amines) is 2. The van der Waals surface area contributed by atoms with Gasteiger partial charge >= 0.3 is 0 Å². The number of nitrogens with one attached hydrogen (secondary N) is 2. The Labute approximate surface area is 382 Å². The molecule has 9 rings (SSSR count). The van der Waals surface area contributed by atoms with Crippen molar-refractivity contribution in [1.29, 1.82) is 0 Å². The molecule has 2 atom stereocenters. The quantitative estimate of drug-likeness (QED) is 0.150. The highest BCUT2D eigenvalue weighted by atomic mass is 32.2. The highest BCUT2D eigenvalue weighted by molar-refractivity contribution is 7.89. The zero-order chi connectivity index (χ0) is 45.4. The van der Waals surface area contributed by atoms with Crippen molar-refractivity contribution in [2.24, 2.45) is 17.0 Å². The van der Waals surface area contributed by atoms with Gasteiger partial charge in [-0.05, 0) is 88.0 Å². The van der Waals surface area contributed by atoms with Crippen LogP contribution < -0.4 is 20.7 Å². The van der Waals surface area contributed by atoms with Gasteiger partial charge in [0, 0.05) is 93.0 Å². The van der Waals surface area contributed by atoms with Gasteiger partial charge in [0.2, 0.25) is 39.6 Å². The lowest BCUT2D eigenvalue weighted by Crippen LogP contribution is -2.48. The number of hydrogen-bond acceptors (Lipinski definition) is 13. The van der Waals surface area contributed by atoms with Gasteiger partial charge in [0.1, 0.15) is 16.9 Å². The highest BCUT2D eigenvalue weighted by Crippen LogP contribution is 2.44. The fraction of sp³-hybridized carbons (Fsp3) is 0.522. The first-order chi connectivity index (χ1) is 31.3. The van der Waals surface area contributed by atoms with Crippen LogP contribution in [-0.4, -0.2) is 107 Å². The Balaban J connectivity index is 0.802. The fourth-order valence-corrected chi connectivity index (χ4v) is 12.0. The maximum Gasteiger partial charge on any atom is 0.234 e. The summed E-state index contributed by atoms with van der Waals surface area (Å²) in [7, 11) is -4.08. The monoisotopic (exact) mass is 926 g/mol. The maximum absolute atomic E-state index is 16.5. The number of carbonyl (C=O) groups is 4. The molecule has 65 heavy (non-hydrogen) atoms. The fourth-order valence-electron chi connectivity index (χ4n) is 9.81. The number of piperidine rings is 4. The number of anilines is 2. The lowest BCUT2D eigenvalue weighted by atomic mass is 9.90. The molecule has 344 valence electrons. The molecule has 5 aliphatic rings. The Morgan fingerprint density at radius 1 is 0.877 bits per heavy atom. The van der Waals surface area contributed by atoms with E-state index in [0.29, 0.717) is 119 Å².